The smallest absolute Gasteiger partial charge is 0.254 e. The van der Waals surface area contributed by atoms with Crippen molar-refractivity contribution in [3.05, 3.63) is 62.7 Å². The van der Waals surface area contributed by atoms with E-state index in [0.29, 0.717) is 13.1 Å². The van der Waals surface area contributed by atoms with Crippen molar-refractivity contribution < 1.29 is 4.79 Å². The molecule has 0 atom stereocenters. The fourth-order valence-corrected chi connectivity index (χ4v) is 2.69. The summed E-state index contributed by atoms with van der Waals surface area (Å²) in [5.74, 6) is 0.0752. The predicted octanol–water partition coefficient (Wildman–Crippen LogP) is 3.03. The third-order valence-corrected chi connectivity index (χ3v) is 4.05. The van der Waals surface area contributed by atoms with Gasteiger partial charge in [0.2, 0.25) is 0 Å². The van der Waals surface area contributed by atoms with Crippen molar-refractivity contribution in [1.29, 1.82) is 0 Å². The average molecular weight is 364 g/mol. The number of hydrogen-bond donors (Lipinski definition) is 1. The van der Waals surface area contributed by atoms with Gasteiger partial charge in [-0.15, -0.1) is 0 Å². The molecule has 4 heteroatoms. The zero-order valence-corrected chi connectivity index (χ0v) is 12.4. The monoisotopic (exact) mass is 364 g/mol. The van der Waals surface area contributed by atoms with Crippen molar-refractivity contribution in [2.45, 2.75) is 13.1 Å². The lowest BCUT2D eigenvalue weighted by Crippen LogP contribution is -2.25. The second-order valence-corrected chi connectivity index (χ2v) is 5.94. The molecule has 0 bridgehead atoms. The lowest BCUT2D eigenvalue weighted by atomic mass is 10.1. The minimum atomic E-state index is 0.0752. The Morgan fingerprint density at radius 2 is 1.74 bits per heavy atom. The molecule has 96 valence electrons. The Morgan fingerprint density at radius 1 is 1.05 bits per heavy atom. The largest absolute Gasteiger partial charge is 0.399 e. The number of nitrogen functional groups attached to an aromatic ring is 1. The van der Waals surface area contributed by atoms with E-state index in [2.05, 4.69) is 22.6 Å². The van der Waals surface area contributed by atoms with Crippen molar-refractivity contribution in [1.82, 2.24) is 4.90 Å². The summed E-state index contributed by atoms with van der Waals surface area (Å²) in [7, 11) is 0. The van der Waals surface area contributed by atoms with E-state index in [1.54, 1.807) is 0 Å². The molecule has 0 radical (unpaired) electrons. The number of hydrogen-bond acceptors (Lipinski definition) is 2. The number of nitrogens with zero attached hydrogens (tertiary/aromatic N) is 1. The molecule has 2 N–H and O–H groups in total. The van der Waals surface area contributed by atoms with Gasteiger partial charge in [-0.2, -0.15) is 0 Å². The van der Waals surface area contributed by atoms with Crippen LogP contribution in [0.4, 0.5) is 5.69 Å². The minimum absolute atomic E-state index is 0.0752. The second-order valence-electron chi connectivity index (χ2n) is 4.70. The van der Waals surface area contributed by atoms with Crippen molar-refractivity contribution in [3.8, 4) is 0 Å². The molecular formula is C15H13IN2O. The highest BCUT2D eigenvalue weighted by molar-refractivity contribution is 14.1. The first-order chi connectivity index (χ1) is 9.13. The summed E-state index contributed by atoms with van der Waals surface area (Å²) in [4.78, 5) is 14.3. The van der Waals surface area contributed by atoms with Gasteiger partial charge in [-0.1, -0.05) is 6.07 Å². The molecule has 0 saturated heterocycles. The lowest BCUT2D eigenvalue weighted by molar-refractivity contribution is 0.0751. The fraction of sp³-hybridized carbons (Fsp3) is 0.133. The second kappa shape index (κ2) is 4.85. The maximum Gasteiger partial charge on any atom is 0.254 e. The number of fused-ring (bicyclic) bond motifs is 1. The first kappa shape index (κ1) is 12.5. The van der Waals surface area contributed by atoms with Gasteiger partial charge in [0.25, 0.3) is 5.91 Å². The van der Waals surface area contributed by atoms with Gasteiger partial charge in [0.05, 0.1) is 0 Å². The van der Waals surface area contributed by atoms with Gasteiger partial charge < -0.3 is 10.6 Å². The molecule has 1 amide bonds. The Hall–Kier alpha value is -1.56. The number of carbonyl (C=O) groups excluding carboxylic acids is 1. The zero-order valence-electron chi connectivity index (χ0n) is 10.3. The molecule has 1 heterocycles. The van der Waals surface area contributed by atoms with Gasteiger partial charge in [0, 0.05) is 27.9 Å². The number of amides is 1. The van der Waals surface area contributed by atoms with Crippen LogP contribution in [0.2, 0.25) is 0 Å². The maximum absolute atomic E-state index is 12.4. The Bertz CT molecular complexity index is 637. The van der Waals surface area contributed by atoms with Crippen molar-refractivity contribution >= 4 is 34.2 Å². The highest BCUT2D eigenvalue weighted by atomic mass is 127. The maximum atomic E-state index is 12.4. The van der Waals surface area contributed by atoms with Crippen LogP contribution < -0.4 is 5.73 Å². The van der Waals surface area contributed by atoms with E-state index in [-0.39, 0.29) is 5.91 Å². The number of nitrogens with two attached hydrogens (primary N) is 1. The fourth-order valence-electron chi connectivity index (χ4n) is 2.33. The average Bonchev–Trinajstić information content (AvgIpc) is 2.81. The molecule has 1 aliphatic heterocycles. The Labute approximate surface area is 125 Å². The summed E-state index contributed by atoms with van der Waals surface area (Å²) in [6, 6.07) is 13.5. The third kappa shape index (κ3) is 2.45. The summed E-state index contributed by atoms with van der Waals surface area (Å²) in [5.41, 5.74) is 9.60. The highest BCUT2D eigenvalue weighted by Crippen LogP contribution is 2.26. The molecule has 3 rings (SSSR count). The van der Waals surface area contributed by atoms with Crippen LogP contribution in [-0.4, -0.2) is 10.8 Å². The van der Waals surface area contributed by atoms with E-state index in [0.717, 1.165) is 20.4 Å². The van der Waals surface area contributed by atoms with Crippen LogP contribution in [0.25, 0.3) is 0 Å². The third-order valence-electron chi connectivity index (χ3n) is 3.33. The van der Waals surface area contributed by atoms with Crippen LogP contribution in [0.5, 0.6) is 0 Å². The molecule has 1 aliphatic rings. The molecule has 2 aromatic carbocycles. The normalized spacial score (nSPS) is 13.4. The number of benzene rings is 2. The van der Waals surface area contributed by atoms with E-state index in [1.165, 1.54) is 5.56 Å². The van der Waals surface area contributed by atoms with Crippen LogP contribution in [0.3, 0.4) is 0 Å². The van der Waals surface area contributed by atoms with E-state index in [4.69, 9.17) is 5.73 Å². The summed E-state index contributed by atoms with van der Waals surface area (Å²) < 4.78 is 1.13. The SMILES string of the molecule is Nc1ccc2c(c1)CN(C(=O)c1ccc(I)cc1)C2. The molecule has 19 heavy (non-hydrogen) atoms. The molecule has 2 aromatic rings. The van der Waals surface area contributed by atoms with Gasteiger partial charge >= 0.3 is 0 Å². The Kier molecular flexibility index (Phi) is 3.18. The highest BCUT2D eigenvalue weighted by Gasteiger charge is 2.24. The van der Waals surface area contributed by atoms with Crippen molar-refractivity contribution in [3.63, 3.8) is 0 Å². The van der Waals surface area contributed by atoms with Crippen molar-refractivity contribution in [2.75, 3.05) is 5.73 Å². The number of rotatable bonds is 1. The molecule has 3 nitrogen and oxygen atoms in total. The van der Waals surface area contributed by atoms with Crippen LogP contribution in [0, 0.1) is 3.57 Å². The van der Waals surface area contributed by atoms with E-state index in [1.807, 2.05) is 47.4 Å². The lowest BCUT2D eigenvalue weighted by Gasteiger charge is -2.15. The van der Waals surface area contributed by atoms with Crippen LogP contribution >= 0.6 is 22.6 Å². The topological polar surface area (TPSA) is 46.3 Å². The molecule has 0 saturated carbocycles. The van der Waals surface area contributed by atoms with Gasteiger partial charge in [0.1, 0.15) is 0 Å². The molecular weight excluding hydrogens is 351 g/mol. The van der Waals surface area contributed by atoms with Gasteiger partial charge in [-0.3, -0.25) is 4.79 Å². The summed E-state index contributed by atoms with van der Waals surface area (Å²) >= 11 is 2.23. The standard InChI is InChI=1S/C15H13IN2O/c16-13-4-1-10(2-5-13)15(19)18-8-11-3-6-14(17)7-12(11)9-18/h1-7H,8-9,17H2. The predicted molar refractivity (Wildman–Crippen MR) is 83.6 cm³/mol. The van der Waals surface area contributed by atoms with E-state index in [9.17, 15) is 4.79 Å². The van der Waals surface area contributed by atoms with Gasteiger partial charge in [-0.25, -0.2) is 0 Å². The Morgan fingerprint density at radius 3 is 2.47 bits per heavy atom. The Balaban J connectivity index is 1.82. The molecule has 0 unspecified atom stereocenters. The first-order valence-electron chi connectivity index (χ1n) is 6.05. The van der Waals surface area contributed by atoms with E-state index >= 15 is 0 Å². The van der Waals surface area contributed by atoms with Gasteiger partial charge in [0.15, 0.2) is 0 Å². The zero-order chi connectivity index (χ0) is 13.4. The first-order valence-corrected chi connectivity index (χ1v) is 7.13. The van der Waals surface area contributed by atoms with Crippen molar-refractivity contribution in [2.24, 2.45) is 0 Å². The van der Waals surface area contributed by atoms with Gasteiger partial charge in [-0.05, 0) is 70.1 Å². The van der Waals surface area contributed by atoms with Crippen LogP contribution in [-0.2, 0) is 13.1 Å². The summed E-state index contributed by atoms with van der Waals surface area (Å²) in [5, 5.41) is 0. The molecule has 0 aromatic heterocycles. The number of carbonyl (C=O) groups is 1. The molecule has 0 spiro atoms. The summed E-state index contributed by atoms with van der Waals surface area (Å²) in [6.07, 6.45) is 0. The van der Waals surface area contributed by atoms with Crippen LogP contribution in [0.1, 0.15) is 21.5 Å². The van der Waals surface area contributed by atoms with Crippen LogP contribution in [0.15, 0.2) is 42.5 Å². The summed E-state index contributed by atoms with van der Waals surface area (Å²) in [6.45, 7) is 1.31. The van der Waals surface area contributed by atoms with E-state index < -0.39 is 0 Å². The molecule has 0 aliphatic carbocycles. The quantitative estimate of drug-likeness (QED) is 0.625. The molecule has 0 fully saturated rings. The number of halogens is 1. The number of anilines is 1. The minimum Gasteiger partial charge on any atom is -0.399 e.